The van der Waals surface area contributed by atoms with Crippen LogP contribution in [0.5, 0.6) is 0 Å². The summed E-state index contributed by atoms with van der Waals surface area (Å²) in [4.78, 5) is 0. The van der Waals surface area contributed by atoms with E-state index in [1.807, 2.05) is 0 Å². The Hall–Kier alpha value is -1.90. The van der Waals surface area contributed by atoms with Crippen molar-refractivity contribution in [3.05, 3.63) is 63.2 Å². The molecule has 0 N–H and O–H groups in total. The van der Waals surface area contributed by atoms with Gasteiger partial charge in [-0.3, -0.25) is 0 Å². The molecule has 0 unspecified atom stereocenters. The van der Waals surface area contributed by atoms with E-state index in [1.54, 1.807) is 0 Å². The van der Waals surface area contributed by atoms with Gasteiger partial charge in [0.05, 0.1) is 21.2 Å². The van der Waals surface area contributed by atoms with Gasteiger partial charge in [-0.2, -0.15) is 0 Å². The fraction of sp³-hybridized carbons (Fsp3) is 0. The highest BCUT2D eigenvalue weighted by molar-refractivity contribution is 9.10. The molecule has 9 heteroatoms. The minimum atomic E-state index is -2.22. The maximum Gasteiger partial charge on any atom is 0.176 e. The second-order valence-corrected chi connectivity index (χ2v) is 4.99. The predicted molar refractivity (Wildman–Crippen MR) is 69.3 cm³/mol. The van der Waals surface area contributed by atoms with Crippen LogP contribution < -0.4 is 0 Å². The number of rotatable bonds is 2. The summed E-state index contributed by atoms with van der Waals surface area (Å²) in [6.45, 7) is 2.92. The molecule has 0 atom stereocenters. The Morgan fingerprint density at radius 3 is 1.17 bits per heavy atom. The largest absolute Gasteiger partial charge is 0.203 e. The summed E-state index contributed by atoms with van der Waals surface area (Å²) in [5, 5.41) is 0. The first-order valence-corrected chi connectivity index (χ1v) is 6.44. The lowest BCUT2D eigenvalue weighted by molar-refractivity contribution is 0.436. The van der Waals surface area contributed by atoms with Gasteiger partial charge in [0.2, 0.25) is 0 Å². The molecule has 0 radical (unpaired) electrons. The molecule has 2 aromatic carbocycles. The summed E-state index contributed by atoms with van der Waals surface area (Å²) < 4.78 is 108. The van der Waals surface area contributed by atoms with Crippen molar-refractivity contribution >= 4 is 22.0 Å². The van der Waals surface area contributed by atoms with Gasteiger partial charge in [0, 0.05) is 0 Å². The van der Waals surface area contributed by atoms with Crippen LogP contribution in [0, 0.1) is 46.5 Å². The number of hydrogen-bond acceptors (Lipinski definition) is 0. The van der Waals surface area contributed by atoms with Gasteiger partial charge in [-0.05, 0) is 15.9 Å². The number of halogens is 9. The van der Waals surface area contributed by atoms with Crippen molar-refractivity contribution in [2.24, 2.45) is 0 Å². The van der Waals surface area contributed by atoms with Crippen LogP contribution in [0.2, 0.25) is 0 Å². The van der Waals surface area contributed by atoms with E-state index in [1.165, 1.54) is 0 Å². The smallest absolute Gasteiger partial charge is 0.176 e. The summed E-state index contributed by atoms with van der Waals surface area (Å²) in [5.74, 6) is -17.0. The summed E-state index contributed by atoms with van der Waals surface area (Å²) >= 11 is 2.20. The molecule has 0 aromatic heterocycles. The first kappa shape index (κ1) is 17.5. The molecular weight excluding hydrogens is 400 g/mol. The number of benzene rings is 2. The minimum absolute atomic E-state index is 0.427. The molecule has 0 amide bonds. The van der Waals surface area contributed by atoms with Crippen LogP contribution >= 0.6 is 15.9 Å². The van der Waals surface area contributed by atoms with Gasteiger partial charge >= 0.3 is 0 Å². The topological polar surface area (TPSA) is 0 Å². The summed E-state index contributed by atoms with van der Waals surface area (Å²) in [7, 11) is 0. The molecule has 0 nitrogen and oxygen atoms in total. The fourth-order valence-electron chi connectivity index (χ4n) is 1.87. The van der Waals surface area contributed by atoms with Crippen LogP contribution in [0.25, 0.3) is 17.2 Å². The molecule has 23 heavy (non-hydrogen) atoms. The fourth-order valence-corrected chi connectivity index (χ4v) is 2.22. The van der Waals surface area contributed by atoms with Crippen LogP contribution in [0.3, 0.4) is 0 Å². The highest BCUT2D eigenvalue weighted by Crippen LogP contribution is 2.39. The highest BCUT2D eigenvalue weighted by atomic mass is 79.9. The second-order valence-electron chi connectivity index (χ2n) is 4.19. The molecule has 0 fully saturated rings. The van der Waals surface area contributed by atoms with Crippen molar-refractivity contribution in [1.82, 2.24) is 0 Å². The molecule has 2 rings (SSSR count). The molecule has 2 aromatic rings. The Bertz CT molecular complexity index is 786. The van der Waals surface area contributed by atoms with E-state index in [0.29, 0.717) is 6.08 Å². The zero-order chi connectivity index (χ0) is 17.6. The van der Waals surface area contributed by atoms with Crippen LogP contribution in [0.15, 0.2) is 11.1 Å². The third kappa shape index (κ3) is 2.43. The van der Waals surface area contributed by atoms with Crippen LogP contribution in [0.1, 0.15) is 5.56 Å². The number of hydrogen-bond donors (Lipinski definition) is 0. The summed E-state index contributed by atoms with van der Waals surface area (Å²) in [6, 6.07) is 0. The van der Waals surface area contributed by atoms with Gasteiger partial charge in [0.25, 0.3) is 0 Å². The Morgan fingerprint density at radius 2 is 0.870 bits per heavy atom. The Kier molecular flexibility index (Phi) is 4.52. The third-order valence-electron chi connectivity index (χ3n) is 2.96. The average Bonchev–Trinajstić information content (AvgIpc) is 2.53. The van der Waals surface area contributed by atoms with Crippen molar-refractivity contribution in [1.29, 1.82) is 0 Å². The molecule has 122 valence electrons. The van der Waals surface area contributed by atoms with Crippen LogP contribution in [-0.2, 0) is 0 Å². The first-order chi connectivity index (χ1) is 10.6. The summed E-state index contributed by atoms with van der Waals surface area (Å²) in [6.07, 6.45) is 0.427. The standard InChI is InChI=1S/C14H3BrF8/c1-2-3-7(16)9(18)4(10(19)8(3)17)5-11(20)13(22)6(15)14(23)12(5)21/h2H,1H2. The quantitative estimate of drug-likeness (QED) is 0.334. The zero-order valence-electron chi connectivity index (χ0n) is 10.7. The van der Waals surface area contributed by atoms with E-state index in [0.717, 1.165) is 0 Å². The molecule has 0 saturated heterocycles. The van der Waals surface area contributed by atoms with Gasteiger partial charge in [-0.15, -0.1) is 0 Å². The highest BCUT2D eigenvalue weighted by Gasteiger charge is 2.32. The lowest BCUT2D eigenvalue weighted by atomic mass is 9.99. The Balaban J connectivity index is 3.04. The SMILES string of the molecule is C=Cc1c(F)c(F)c(-c2c(F)c(F)c(Br)c(F)c2F)c(F)c1F. The Morgan fingerprint density at radius 1 is 0.565 bits per heavy atom. The van der Waals surface area contributed by atoms with Gasteiger partial charge < -0.3 is 0 Å². The van der Waals surface area contributed by atoms with E-state index in [4.69, 9.17) is 0 Å². The van der Waals surface area contributed by atoms with Crippen molar-refractivity contribution in [2.75, 3.05) is 0 Å². The Labute approximate surface area is 132 Å². The monoisotopic (exact) mass is 402 g/mol. The van der Waals surface area contributed by atoms with Crippen molar-refractivity contribution in [3.63, 3.8) is 0 Å². The lowest BCUT2D eigenvalue weighted by Gasteiger charge is -2.13. The normalized spacial score (nSPS) is 11.0. The molecule has 0 heterocycles. The molecule has 0 bridgehead atoms. The maximum absolute atomic E-state index is 13.9. The molecule has 0 aliphatic heterocycles. The van der Waals surface area contributed by atoms with Gasteiger partial charge in [-0.25, -0.2) is 35.1 Å². The van der Waals surface area contributed by atoms with E-state index in [-0.39, 0.29) is 0 Å². The van der Waals surface area contributed by atoms with Crippen molar-refractivity contribution in [3.8, 4) is 11.1 Å². The van der Waals surface area contributed by atoms with Crippen LogP contribution in [-0.4, -0.2) is 0 Å². The van der Waals surface area contributed by atoms with E-state index < -0.39 is 67.7 Å². The minimum Gasteiger partial charge on any atom is -0.203 e. The zero-order valence-corrected chi connectivity index (χ0v) is 12.3. The lowest BCUT2D eigenvalue weighted by Crippen LogP contribution is -2.08. The molecular formula is C14H3BrF8. The van der Waals surface area contributed by atoms with Gasteiger partial charge in [0.15, 0.2) is 46.5 Å². The van der Waals surface area contributed by atoms with Crippen molar-refractivity contribution in [2.45, 2.75) is 0 Å². The van der Waals surface area contributed by atoms with E-state index in [2.05, 4.69) is 22.5 Å². The van der Waals surface area contributed by atoms with E-state index >= 15 is 0 Å². The van der Waals surface area contributed by atoms with Crippen molar-refractivity contribution < 1.29 is 35.1 Å². The molecule has 0 aliphatic rings. The maximum atomic E-state index is 13.9. The summed E-state index contributed by atoms with van der Waals surface area (Å²) in [5.41, 5.74) is -5.06. The third-order valence-corrected chi connectivity index (χ3v) is 3.66. The second kappa shape index (κ2) is 5.95. The van der Waals surface area contributed by atoms with Crippen LogP contribution in [0.4, 0.5) is 35.1 Å². The average molecular weight is 403 g/mol. The predicted octanol–water partition coefficient (Wildman–Crippen LogP) is 5.87. The van der Waals surface area contributed by atoms with Gasteiger partial charge in [-0.1, -0.05) is 12.7 Å². The molecule has 0 saturated carbocycles. The van der Waals surface area contributed by atoms with Gasteiger partial charge in [0.1, 0.15) is 0 Å². The first-order valence-electron chi connectivity index (χ1n) is 5.65. The molecule has 0 spiro atoms. The van der Waals surface area contributed by atoms with E-state index in [9.17, 15) is 35.1 Å². The molecule has 0 aliphatic carbocycles.